The topological polar surface area (TPSA) is 35.6 Å². The van der Waals surface area contributed by atoms with Crippen LogP contribution in [0.25, 0.3) is 0 Å². The molecule has 0 aromatic heterocycles. The summed E-state index contributed by atoms with van der Waals surface area (Å²) >= 11 is 0. The maximum atomic E-state index is 12.7. The number of nitrogens with one attached hydrogen (secondary N) is 1. The fourth-order valence-electron chi connectivity index (χ4n) is 3.38. The Kier molecular flexibility index (Phi) is 4.51. The van der Waals surface area contributed by atoms with Crippen molar-refractivity contribution in [2.24, 2.45) is 5.92 Å². The minimum Gasteiger partial charge on any atom is -0.325 e. The molecule has 0 aliphatic carbocycles. The van der Waals surface area contributed by atoms with Crippen molar-refractivity contribution in [3.05, 3.63) is 0 Å². The number of hydrogen-bond acceptors (Lipinski definition) is 3. The van der Waals surface area contributed by atoms with Gasteiger partial charge in [0.2, 0.25) is 5.91 Å². The molecule has 2 aliphatic rings. The van der Waals surface area contributed by atoms with Gasteiger partial charge < -0.3 is 9.80 Å². The second-order valence-electron chi connectivity index (χ2n) is 6.51. The summed E-state index contributed by atoms with van der Waals surface area (Å²) in [7, 11) is 2.17. The monoisotopic (exact) mass is 267 g/mol. The molecule has 0 bridgehead atoms. The van der Waals surface area contributed by atoms with E-state index in [-0.39, 0.29) is 11.7 Å². The lowest BCUT2D eigenvalue weighted by atomic mass is 9.99. The maximum absolute atomic E-state index is 12.7. The predicted octanol–water partition coefficient (Wildman–Crippen LogP) is 1.66. The number of hydrogen-bond donors (Lipinski definition) is 1. The Bertz CT molecular complexity index is 333. The summed E-state index contributed by atoms with van der Waals surface area (Å²) in [5.74, 6) is 0.956. The van der Waals surface area contributed by atoms with E-state index in [9.17, 15) is 4.79 Å². The first kappa shape index (κ1) is 14.8. The number of nitrogens with zero attached hydrogens (tertiary/aromatic N) is 2. The van der Waals surface area contributed by atoms with Crippen molar-refractivity contribution in [2.45, 2.75) is 58.2 Å². The van der Waals surface area contributed by atoms with E-state index < -0.39 is 0 Å². The first-order chi connectivity index (χ1) is 9.00. The van der Waals surface area contributed by atoms with E-state index in [0.717, 1.165) is 32.4 Å². The Labute approximate surface area is 117 Å². The standard InChI is InChI=1S/C15H29N3O/c1-5-7-13-16-15(3,6-2)14(19)18(13)11-12-8-9-17(4)10-12/h12-13,16H,5-11H2,1-4H3. The maximum Gasteiger partial charge on any atom is 0.243 e. The molecule has 19 heavy (non-hydrogen) atoms. The van der Waals surface area contributed by atoms with Crippen LogP contribution in [0.3, 0.4) is 0 Å². The molecule has 0 radical (unpaired) electrons. The van der Waals surface area contributed by atoms with Gasteiger partial charge in [-0.3, -0.25) is 10.1 Å². The Morgan fingerprint density at radius 1 is 1.42 bits per heavy atom. The van der Waals surface area contributed by atoms with E-state index in [1.54, 1.807) is 0 Å². The zero-order chi connectivity index (χ0) is 14.0. The second kappa shape index (κ2) is 5.80. The molecule has 1 N–H and O–H groups in total. The van der Waals surface area contributed by atoms with Crippen molar-refractivity contribution in [3.63, 3.8) is 0 Å². The van der Waals surface area contributed by atoms with Gasteiger partial charge in [-0.2, -0.15) is 0 Å². The zero-order valence-electron chi connectivity index (χ0n) is 12.9. The molecule has 2 aliphatic heterocycles. The highest BCUT2D eigenvalue weighted by Crippen LogP contribution is 2.28. The van der Waals surface area contributed by atoms with E-state index in [1.165, 1.54) is 13.0 Å². The SMILES string of the molecule is CCCC1NC(C)(CC)C(=O)N1CC1CCN(C)C1. The summed E-state index contributed by atoms with van der Waals surface area (Å²) in [6, 6.07) is 0. The Balaban J connectivity index is 2.04. The van der Waals surface area contributed by atoms with Gasteiger partial charge in [0.15, 0.2) is 0 Å². The van der Waals surface area contributed by atoms with Crippen LogP contribution in [0.15, 0.2) is 0 Å². The van der Waals surface area contributed by atoms with Crippen LogP contribution in [0.4, 0.5) is 0 Å². The number of likely N-dealkylation sites (tertiary alicyclic amines) is 1. The Morgan fingerprint density at radius 3 is 2.68 bits per heavy atom. The molecule has 1 amide bonds. The largest absolute Gasteiger partial charge is 0.325 e. The summed E-state index contributed by atoms with van der Waals surface area (Å²) in [5.41, 5.74) is -0.343. The van der Waals surface area contributed by atoms with Crippen LogP contribution in [-0.4, -0.2) is 54.1 Å². The molecule has 4 nitrogen and oxygen atoms in total. The molecule has 2 rings (SSSR count). The van der Waals surface area contributed by atoms with Crippen LogP contribution >= 0.6 is 0 Å². The molecule has 0 saturated carbocycles. The normalized spacial score (nSPS) is 36.4. The number of carbonyl (C=O) groups is 1. The third kappa shape index (κ3) is 2.95. The summed E-state index contributed by atoms with van der Waals surface area (Å²) in [4.78, 5) is 17.2. The van der Waals surface area contributed by atoms with E-state index >= 15 is 0 Å². The summed E-state index contributed by atoms with van der Waals surface area (Å²) in [6.45, 7) is 9.57. The summed E-state index contributed by atoms with van der Waals surface area (Å²) < 4.78 is 0. The van der Waals surface area contributed by atoms with Crippen molar-refractivity contribution in [1.29, 1.82) is 0 Å². The highest BCUT2D eigenvalue weighted by atomic mass is 16.2. The molecule has 3 atom stereocenters. The van der Waals surface area contributed by atoms with Crippen molar-refractivity contribution >= 4 is 5.91 Å². The van der Waals surface area contributed by atoms with E-state index in [2.05, 4.69) is 42.9 Å². The van der Waals surface area contributed by atoms with Gasteiger partial charge in [0, 0.05) is 13.1 Å². The fourth-order valence-corrected chi connectivity index (χ4v) is 3.38. The van der Waals surface area contributed by atoms with Crippen LogP contribution < -0.4 is 5.32 Å². The van der Waals surface area contributed by atoms with Crippen molar-refractivity contribution in [1.82, 2.24) is 15.1 Å². The number of carbonyl (C=O) groups excluding carboxylic acids is 1. The smallest absolute Gasteiger partial charge is 0.243 e. The first-order valence-electron chi connectivity index (χ1n) is 7.77. The van der Waals surface area contributed by atoms with Gasteiger partial charge in [0.25, 0.3) is 0 Å². The molecule has 2 fully saturated rings. The molecular weight excluding hydrogens is 238 g/mol. The lowest BCUT2D eigenvalue weighted by Gasteiger charge is -2.26. The zero-order valence-corrected chi connectivity index (χ0v) is 12.9. The molecule has 3 unspecified atom stereocenters. The van der Waals surface area contributed by atoms with Crippen LogP contribution in [-0.2, 0) is 4.79 Å². The Hall–Kier alpha value is -0.610. The van der Waals surface area contributed by atoms with E-state index in [4.69, 9.17) is 0 Å². The van der Waals surface area contributed by atoms with Crippen LogP contribution in [0.1, 0.15) is 46.5 Å². The van der Waals surface area contributed by atoms with E-state index in [1.807, 2.05) is 0 Å². The highest BCUT2D eigenvalue weighted by Gasteiger charge is 2.46. The molecule has 0 spiro atoms. The average Bonchev–Trinajstić information content (AvgIpc) is 2.88. The van der Waals surface area contributed by atoms with Gasteiger partial charge in [0.05, 0.1) is 11.7 Å². The molecule has 0 aromatic rings. The van der Waals surface area contributed by atoms with Crippen LogP contribution in [0, 0.1) is 5.92 Å². The van der Waals surface area contributed by atoms with Crippen molar-refractivity contribution < 1.29 is 4.79 Å². The lowest BCUT2D eigenvalue weighted by molar-refractivity contribution is -0.133. The lowest BCUT2D eigenvalue weighted by Crippen LogP contribution is -2.43. The number of rotatable bonds is 5. The summed E-state index contributed by atoms with van der Waals surface area (Å²) in [5, 5.41) is 3.57. The molecule has 2 heterocycles. The first-order valence-corrected chi connectivity index (χ1v) is 7.77. The molecular formula is C15H29N3O. The van der Waals surface area contributed by atoms with Gasteiger partial charge in [-0.1, -0.05) is 20.3 Å². The van der Waals surface area contributed by atoms with Gasteiger partial charge in [-0.15, -0.1) is 0 Å². The van der Waals surface area contributed by atoms with Crippen LogP contribution in [0.2, 0.25) is 0 Å². The minimum atomic E-state index is -0.343. The highest BCUT2D eigenvalue weighted by molar-refractivity contribution is 5.88. The van der Waals surface area contributed by atoms with Gasteiger partial charge >= 0.3 is 0 Å². The third-order valence-corrected chi connectivity index (χ3v) is 4.81. The van der Waals surface area contributed by atoms with Crippen molar-refractivity contribution in [2.75, 3.05) is 26.7 Å². The molecule has 4 heteroatoms. The third-order valence-electron chi connectivity index (χ3n) is 4.81. The molecule has 0 aromatic carbocycles. The van der Waals surface area contributed by atoms with Gasteiger partial charge in [-0.25, -0.2) is 0 Å². The summed E-state index contributed by atoms with van der Waals surface area (Å²) in [6.07, 6.45) is 4.51. The van der Waals surface area contributed by atoms with Gasteiger partial charge in [-0.05, 0) is 45.7 Å². The quantitative estimate of drug-likeness (QED) is 0.823. The molecule has 2 saturated heterocycles. The average molecular weight is 267 g/mol. The van der Waals surface area contributed by atoms with Crippen LogP contribution in [0.5, 0.6) is 0 Å². The number of amides is 1. The second-order valence-corrected chi connectivity index (χ2v) is 6.51. The molecule has 110 valence electrons. The van der Waals surface area contributed by atoms with E-state index in [0.29, 0.717) is 11.8 Å². The van der Waals surface area contributed by atoms with Crippen molar-refractivity contribution in [3.8, 4) is 0 Å². The predicted molar refractivity (Wildman–Crippen MR) is 77.8 cm³/mol. The fraction of sp³-hybridized carbons (Fsp3) is 0.933. The minimum absolute atomic E-state index is 0.244. The van der Waals surface area contributed by atoms with Gasteiger partial charge in [0.1, 0.15) is 0 Å². The Morgan fingerprint density at radius 2 is 2.16 bits per heavy atom.